The molecule has 0 unspecified atom stereocenters. The van der Waals surface area contributed by atoms with Gasteiger partial charge in [-0.15, -0.1) is 10.2 Å². The summed E-state index contributed by atoms with van der Waals surface area (Å²) in [6.45, 7) is 6.56. The molecule has 6 heteroatoms. The molecule has 6 nitrogen and oxygen atoms in total. The van der Waals surface area contributed by atoms with E-state index in [9.17, 15) is 0 Å². The smallest absolute Gasteiger partial charge is 0.263 e. The second kappa shape index (κ2) is 5.09. The lowest BCUT2D eigenvalue weighted by Gasteiger charge is -2.18. The minimum Gasteiger partial charge on any atom is -0.335 e. The van der Waals surface area contributed by atoms with Crippen LogP contribution in [0.1, 0.15) is 31.9 Å². The summed E-state index contributed by atoms with van der Waals surface area (Å²) in [6.07, 6.45) is 3.11. The number of nitrogens with one attached hydrogen (secondary N) is 1. The number of nitrogens with two attached hydrogens (primary N) is 1. The monoisotopic (exact) mass is 258 g/mol. The third-order valence-electron chi connectivity index (χ3n) is 2.73. The van der Waals surface area contributed by atoms with Gasteiger partial charge in [-0.05, 0) is 16.5 Å². The molecule has 0 amide bonds. The molecule has 0 saturated carbocycles. The molecule has 100 valence electrons. The largest absolute Gasteiger partial charge is 0.335 e. The molecule has 3 N–H and O–H groups in total. The molecule has 0 spiro atoms. The Morgan fingerprint density at radius 3 is 2.47 bits per heavy atom. The van der Waals surface area contributed by atoms with Gasteiger partial charge in [-0.25, -0.2) is 10.1 Å². The van der Waals surface area contributed by atoms with E-state index in [4.69, 9.17) is 5.84 Å². The topological polar surface area (TPSA) is 81.1 Å². The van der Waals surface area contributed by atoms with E-state index in [1.807, 2.05) is 12.1 Å². The number of nitrogen functional groups attached to an aromatic ring is 1. The van der Waals surface area contributed by atoms with Gasteiger partial charge in [0, 0.05) is 0 Å². The summed E-state index contributed by atoms with van der Waals surface area (Å²) in [6, 6.07) is 8.26. The molecule has 2 aromatic rings. The van der Waals surface area contributed by atoms with Crippen LogP contribution in [0.3, 0.4) is 0 Å². The van der Waals surface area contributed by atoms with E-state index >= 15 is 0 Å². The van der Waals surface area contributed by atoms with E-state index in [2.05, 4.69) is 53.6 Å². The molecule has 2 rings (SSSR count). The Balaban J connectivity index is 2.02. The summed E-state index contributed by atoms with van der Waals surface area (Å²) in [5.74, 6) is 5.93. The molecule has 0 fully saturated rings. The Morgan fingerprint density at radius 2 is 1.95 bits per heavy atom. The molecular weight excluding hydrogens is 240 g/mol. The van der Waals surface area contributed by atoms with Crippen LogP contribution in [-0.4, -0.2) is 21.1 Å². The minimum absolute atomic E-state index is 0.157. The Labute approximate surface area is 112 Å². The summed E-state index contributed by atoms with van der Waals surface area (Å²) in [5, 5.41) is 11.5. The van der Waals surface area contributed by atoms with Crippen molar-refractivity contribution in [3.63, 3.8) is 0 Å². The van der Waals surface area contributed by atoms with Crippen molar-refractivity contribution in [3.05, 3.63) is 41.7 Å². The summed E-state index contributed by atoms with van der Waals surface area (Å²) in [4.78, 5) is 0. The molecular formula is C13H18N6. The number of rotatable bonds is 3. The second-order valence-corrected chi connectivity index (χ2v) is 5.30. The highest BCUT2D eigenvalue weighted by Crippen LogP contribution is 2.21. The van der Waals surface area contributed by atoms with Crippen molar-refractivity contribution < 1.29 is 0 Å². The molecule has 0 aliphatic heterocycles. The fourth-order valence-electron chi connectivity index (χ4n) is 1.56. The Morgan fingerprint density at radius 1 is 1.26 bits per heavy atom. The maximum Gasteiger partial charge on any atom is 0.263 e. The van der Waals surface area contributed by atoms with E-state index in [-0.39, 0.29) is 5.41 Å². The van der Waals surface area contributed by atoms with Crippen LogP contribution in [0.4, 0.5) is 5.95 Å². The van der Waals surface area contributed by atoms with Gasteiger partial charge in [-0.1, -0.05) is 45.0 Å². The summed E-state index contributed by atoms with van der Waals surface area (Å²) in [5.41, 5.74) is 5.17. The van der Waals surface area contributed by atoms with Crippen LogP contribution >= 0.6 is 0 Å². The fraction of sp³-hybridized carbons (Fsp3) is 0.308. The highest BCUT2D eigenvalue weighted by molar-refractivity contribution is 5.80. The first kappa shape index (κ1) is 13.1. The van der Waals surface area contributed by atoms with Gasteiger partial charge < -0.3 is 5.84 Å². The molecule has 19 heavy (non-hydrogen) atoms. The predicted molar refractivity (Wildman–Crippen MR) is 76.5 cm³/mol. The predicted octanol–water partition coefficient (Wildman–Crippen LogP) is 1.74. The number of benzene rings is 1. The number of nitrogens with zero attached hydrogens (tertiary/aromatic N) is 4. The first-order valence-corrected chi connectivity index (χ1v) is 6.01. The summed E-state index contributed by atoms with van der Waals surface area (Å²) < 4.78 is 1.26. The number of hydrazone groups is 1. The van der Waals surface area contributed by atoms with Crippen molar-refractivity contribution in [3.8, 4) is 0 Å². The Bertz CT molecular complexity index is 562. The van der Waals surface area contributed by atoms with E-state index in [1.54, 1.807) is 6.21 Å². The van der Waals surface area contributed by atoms with Gasteiger partial charge in [-0.2, -0.15) is 5.10 Å². The average molecular weight is 258 g/mol. The highest BCUT2D eigenvalue weighted by Gasteiger charge is 2.12. The minimum atomic E-state index is 0.157. The van der Waals surface area contributed by atoms with E-state index in [0.29, 0.717) is 5.95 Å². The first-order chi connectivity index (χ1) is 8.97. The van der Waals surface area contributed by atoms with Crippen molar-refractivity contribution in [1.29, 1.82) is 0 Å². The second-order valence-electron chi connectivity index (χ2n) is 5.30. The molecule has 0 atom stereocenters. The molecule has 1 aromatic heterocycles. The maximum absolute atomic E-state index is 5.54. The first-order valence-electron chi connectivity index (χ1n) is 6.01. The number of hydrogen-bond acceptors (Lipinski definition) is 5. The van der Waals surface area contributed by atoms with Gasteiger partial charge in [0.1, 0.15) is 6.33 Å². The highest BCUT2D eigenvalue weighted by atomic mass is 15.5. The maximum atomic E-state index is 5.54. The zero-order valence-corrected chi connectivity index (χ0v) is 11.3. The van der Waals surface area contributed by atoms with E-state index < -0.39 is 0 Å². The number of hydrogen-bond donors (Lipinski definition) is 2. The Hall–Kier alpha value is -2.37. The Kier molecular flexibility index (Phi) is 3.50. The summed E-state index contributed by atoms with van der Waals surface area (Å²) in [7, 11) is 0. The molecule has 0 saturated heterocycles. The van der Waals surface area contributed by atoms with Crippen LogP contribution in [0.25, 0.3) is 0 Å². The van der Waals surface area contributed by atoms with E-state index in [1.165, 1.54) is 16.6 Å². The van der Waals surface area contributed by atoms with Crippen molar-refractivity contribution in [2.75, 3.05) is 11.3 Å². The lowest BCUT2D eigenvalue weighted by Crippen LogP contribution is -2.11. The molecule has 1 heterocycles. The van der Waals surface area contributed by atoms with Crippen molar-refractivity contribution >= 4 is 12.2 Å². The van der Waals surface area contributed by atoms with Gasteiger partial charge >= 0.3 is 0 Å². The van der Waals surface area contributed by atoms with Gasteiger partial charge in [0.05, 0.1) is 6.21 Å². The normalized spacial score (nSPS) is 11.9. The van der Waals surface area contributed by atoms with Crippen LogP contribution in [-0.2, 0) is 5.41 Å². The third-order valence-corrected chi connectivity index (χ3v) is 2.73. The number of anilines is 1. The molecule has 0 radical (unpaired) electrons. The zero-order valence-electron chi connectivity index (χ0n) is 11.3. The van der Waals surface area contributed by atoms with Crippen LogP contribution in [0.15, 0.2) is 35.7 Å². The lowest BCUT2D eigenvalue weighted by atomic mass is 9.87. The average Bonchev–Trinajstić information content (AvgIpc) is 2.75. The summed E-state index contributed by atoms with van der Waals surface area (Å²) >= 11 is 0. The molecule has 1 aromatic carbocycles. The zero-order chi connectivity index (χ0) is 13.9. The number of aromatic nitrogens is 3. The van der Waals surface area contributed by atoms with Crippen LogP contribution in [0.5, 0.6) is 0 Å². The van der Waals surface area contributed by atoms with Gasteiger partial charge in [-0.3, -0.25) is 0 Å². The van der Waals surface area contributed by atoms with Crippen molar-refractivity contribution in [2.45, 2.75) is 26.2 Å². The quantitative estimate of drug-likeness (QED) is 0.499. The molecule has 0 aliphatic rings. The lowest BCUT2D eigenvalue weighted by molar-refractivity contribution is 0.590. The standard InChI is InChI=1S/C13H18N6/c1-13(2,3)11-6-4-10(5-7-11)8-15-17-12-18-16-9-19(12)14/h4-9H,14H2,1-3H3,(H,17,18)/b15-8-. The van der Waals surface area contributed by atoms with Crippen molar-refractivity contribution in [2.24, 2.45) is 5.10 Å². The third kappa shape index (κ3) is 3.31. The fourth-order valence-corrected chi connectivity index (χ4v) is 1.56. The van der Waals surface area contributed by atoms with Crippen LogP contribution in [0, 0.1) is 0 Å². The molecule has 0 aliphatic carbocycles. The molecule has 0 bridgehead atoms. The van der Waals surface area contributed by atoms with Crippen LogP contribution < -0.4 is 11.3 Å². The van der Waals surface area contributed by atoms with Gasteiger partial charge in [0.25, 0.3) is 5.95 Å². The van der Waals surface area contributed by atoms with Crippen molar-refractivity contribution in [1.82, 2.24) is 14.9 Å². The van der Waals surface area contributed by atoms with Gasteiger partial charge in [0.15, 0.2) is 0 Å². The van der Waals surface area contributed by atoms with Crippen LogP contribution in [0.2, 0.25) is 0 Å². The van der Waals surface area contributed by atoms with Gasteiger partial charge in [0.2, 0.25) is 0 Å². The SMILES string of the molecule is CC(C)(C)c1ccc(/C=N\Nc2nncn2N)cc1. The van der Waals surface area contributed by atoms with E-state index in [0.717, 1.165) is 5.56 Å².